The van der Waals surface area contributed by atoms with Crippen LogP contribution >= 0.6 is 0 Å². The van der Waals surface area contributed by atoms with Crippen LogP contribution in [0.5, 0.6) is 0 Å². The quantitative estimate of drug-likeness (QED) is 0.830. The number of amides is 1. The van der Waals surface area contributed by atoms with E-state index in [2.05, 4.69) is 20.8 Å². The lowest BCUT2D eigenvalue weighted by Crippen LogP contribution is -2.54. The van der Waals surface area contributed by atoms with Gasteiger partial charge < -0.3 is 15.8 Å². The number of carbonyl (C=O) groups is 1. The van der Waals surface area contributed by atoms with Crippen LogP contribution in [0.4, 0.5) is 5.69 Å². The van der Waals surface area contributed by atoms with Gasteiger partial charge in [0.2, 0.25) is 5.91 Å². The van der Waals surface area contributed by atoms with E-state index in [9.17, 15) is 4.79 Å². The van der Waals surface area contributed by atoms with E-state index in [1.54, 1.807) is 12.1 Å². The highest BCUT2D eigenvalue weighted by atomic mass is 16.5. The number of anilines is 1. The number of hydrogen-bond acceptors (Lipinski definition) is 6. The molecule has 0 aliphatic carbocycles. The number of ether oxygens (including phenoxy) is 1. The van der Waals surface area contributed by atoms with E-state index in [4.69, 9.17) is 10.5 Å². The van der Waals surface area contributed by atoms with Gasteiger partial charge in [0.15, 0.2) is 0 Å². The standard InChI is InChI=1S/C13H16N6O2/c14-13(5-7-21-8-6-13)12(20)16-10-1-3-11(4-2-10)19-9-15-17-18-19/h1-4,9H,5-8,14H2,(H,16,20). The molecule has 2 aromatic rings. The lowest BCUT2D eigenvalue weighted by molar-refractivity contribution is -0.124. The van der Waals surface area contributed by atoms with E-state index in [1.807, 2.05) is 12.1 Å². The van der Waals surface area contributed by atoms with Crippen molar-refractivity contribution in [3.05, 3.63) is 30.6 Å². The Hall–Kier alpha value is -2.32. The molecule has 0 atom stereocenters. The zero-order valence-corrected chi connectivity index (χ0v) is 11.4. The summed E-state index contributed by atoms with van der Waals surface area (Å²) >= 11 is 0. The van der Waals surface area contributed by atoms with E-state index in [1.165, 1.54) is 11.0 Å². The highest BCUT2D eigenvalue weighted by molar-refractivity contribution is 5.98. The van der Waals surface area contributed by atoms with Gasteiger partial charge in [0, 0.05) is 18.9 Å². The van der Waals surface area contributed by atoms with Crippen molar-refractivity contribution in [1.29, 1.82) is 0 Å². The molecule has 3 rings (SSSR count). The molecule has 1 aliphatic heterocycles. The average Bonchev–Trinajstić information content (AvgIpc) is 3.03. The van der Waals surface area contributed by atoms with Gasteiger partial charge in [-0.1, -0.05) is 0 Å². The number of carbonyl (C=O) groups excluding carboxylic acids is 1. The van der Waals surface area contributed by atoms with Crippen molar-refractivity contribution in [2.45, 2.75) is 18.4 Å². The molecule has 3 N–H and O–H groups in total. The lowest BCUT2D eigenvalue weighted by Gasteiger charge is -2.31. The monoisotopic (exact) mass is 288 g/mol. The molecular weight excluding hydrogens is 272 g/mol. The second-order valence-corrected chi connectivity index (χ2v) is 5.02. The van der Waals surface area contributed by atoms with Crippen LogP contribution in [0.2, 0.25) is 0 Å². The zero-order valence-electron chi connectivity index (χ0n) is 11.4. The minimum atomic E-state index is -0.854. The molecular formula is C13H16N6O2. The van der Waals surface area contributed by atoms with Crippen molar-refractivity contribution in [2.24, 2.45) is 5.73 Å². The maximum absolute atomic E-state index is 12.3. The van der Waals surface area contributed by atoms with Gasteiger partial charge in [-0.15, -0.1) is 5.10 Å². The summed E-state index contributed by atoms with van der Waals surface area (Å²) in [5.74, 6) is -0.180. The van der Waals surface area contributed by atoms with E-state index in [-0.39, 0.29) is 5.91 Å². The van der Waals surface area contributed by atoms with Crippen LogP contribution in [0, 0.1) is 0 Å². The Morgan fingerprint density at radius 1 is 1.29 bits per heavy atom. The van der Waals surface area contributed by atoms with Gasteiger partial charge in [-0.3, -0.25) is 4.79 Å². The van der Waals surface area contributed by atoms with Crippen LogP contribution in [-0.4, -0.2) is 44.9 Å². The van der Waals surface area contributed by atoms with Crippen LogP contribution < -0.4 is 11.1 Å². The lowest BCUT2D eigenvalue weighted by atomic mass is 9.90. The minimum absolute atomic E-state index is 0.180. The van der Waals surface area contributed by atoms with Crippen molar-refractivity contribution >= 4 is 11.6 Å². The number of aromatic nitrogens is 4. The third-order valence-corrected chi connectivity index (χ3v) is 3.58. The summed E-state index contributed by atoms with van der Waals surface area (Å²) in [6.07, 6.45) is 2.56. The van der Waals surface area contributed by atoms with Crippen molar-refractivity contribution in [2.75, 3.05) is 18.5 Å². The van der Waals surface area contributed by atoms with Gasteiger partial charge in [-0.25, -0.2) is 4.68 Å². The summed E-state index contributed by atoms with van der Waals surface area (Å²) in [6.45, 7) is 1.03. The average molecular weight is 288 g/mol. The predicted octanol–water partition coefficient (Wildman–Crippen LogP) is 0.109. The summed E-state index contributed by atoms with van der Waals surface area (Å²) in [4.78, 5) is 12.3. The molecule has 8 nitrogen and oxygen atoms in total. The second kappa shape index (κ2) is 5.58. The van der Waals surface area contributed by atoms with Gasteiger partial charge in [0.1, 0.15) is 11.9 Å². The van der Waals surface area contributed by atoms with Crippen LogP contribution in [-0.2, 0) is 9.53 Å². The Kier molecular flexibility index (Phi) is 3.63. The van der Waals surface area contributed by atoms with E-state index >= 15 is 0 Å². The topological polar surface area (TPSA) is 108 Å². The largest absolute Gasteiger partial charge is 0.381 e. The fraction of sp³-hybridized carbons (Fsp3) is 0.385. The fourth-order valence-corrected chi connectivity index (χ4v) is 2.20. The number of hydrogen-bond donors (Lipinski definition) is 2. The molecule has 0 unspecified atom stereocenters. The Bertz CT molecular complexity index is 604. The van der Waals surface area contributed by atoms with Crippen LogP contribution in [0.3, 0.4) is 0 Å². The maximum atomic E-state index is 12.3. The van der Waals surface area contributed by atoms with Gasteiger partial charge in [0.25, 0.3) is 0 Å². The highest BCUT2D eigenvalue weighted by Gasteiger charge is 2.35. The summed E-state index contributed by atoms with van der Waals surface area (Å²) in [5.41, 5.74) is 6.78. The molecule has 1 aromatic carbocycles. The molecule has 1 saturated heterocycles. The van der Waals surface area contributed by atoms with Crippen molar-refractivity contribution in [1.82, 2.24) is 20.2 Å². The molecule has 8 heteroatoms. The summed E-state index contributed by atoms with van der Waals surface area (Å²) in [6, 6.07) is 7.22. The Labute approximate surface area is 121 Å². The smallest absolute Gasteiger partial charge is 0.244 e. The third kappa shape index (κ3) is 2.91. The Balaban J connectivity index is 1.69. The first-order valence-corrected chi connectivity index (χ1v) is 6.69. The number of nitrogens with two attached hydrogens (primary N) is 1. The first kappa shape index (κ1) is 13.7. The molecule has 0 spiro atoms. The van der Waals surface area contributed by atoms with E-state index in [0.29, 0.717) is 31.7 Å². The minimum Gasteiger partial charge on any atom is -0.381 e. The van der Waals surface area contributed by atoms with E-state index < -0.39 is 5.54 Å². The first-order chi connectivity index (χ1) is 10.2. The SMILES string of the molecule is NC1(C(=O)Nc2ccc(-n3cnnn3)cc2)CCOCC1. The fourth-order valence-electron chi connectivity index (χ4n) is 2.20. The number of tetrazole rings is 1. The van der Waals surface area contributed by atoms with Crippen LogP contribution in [0.15, 0.2) is 30.6 Å². The number of benzene rings is 1. The van der Waals surface area contributed by atoms with Gasteiger partial charge in [-0.2, -0.15) is 0 Å². The first-order valence-electron chi connectivity index (χ1n) is 6.69. The molecule has 1 aliphatic rings. The van der Waals surface area contributed by atoms with Crippen molar-refractivity contribution in [3.8, 4) is 5.69 Å². The molecule has 1 amide bonds. The summed E-state index contributed by atoms with van der Waals surface area (Å²) in [7, 11) is 0. The third-order valence-electron chi connectivity index (χ3n) is 3.58. The number of nitrogens with zero attached hydrogens (tertiary/aromatic N) is 4. The molecule has 21 heavy (non-hydrogen) atoms. The molecule has 1 aromatic heterocycles. The summed E-state index contributed by atoms with van der Waals surface area (Å²) in [5, 5.41) is 13.8. The van der Waals surface area contributed by atoms with Gasteiger partial charge in [0.05, 0.1) is 5.69 Å². The molecule has 1 fully saturated rings. The van der Waals surface area contributed by atoms with Gasteiger partial charge in [-0.05, 0) is 47.5 Å². The Morgan fingerprint density at radius 2 is 2.00 bits per heavy atom. The maximum Gasteiger partial charge on any atom is 0.244 e. The molecule has 0 bridgehead atoms. The molecule has 2 heterocycles. The van der Waals surface area contributed by atoms with Gasteiger partial charge >= 0.3 is 0 Å². The molecule has 0 radical (unpaired) electrons. The Morgan fingerprint density at radius 3 is 2.62 bits per heavy atom. The van der Waals surface area contributed by atoms with Crippen molar-refractivity contribution in [3.63, 3.8) is 0 Å². The number of rotatable bonds is 3. The predicted molar refractivity (Wildman–Crippen MR) is 74.8 cm³/mol. The molecule has 0 saturated carbocycles. The van der Waals surface area contributed by atoms with E-state index in [0.717, 1.165) is 5.69 Å². The van der Waals surface area contributed by atoms with Crippen LogP contribution in [0.1, 0.15) is 12.8 Å². The zero-order chi connectivity index (χ0) is 14.7. The summed E-state index contributed by atoms with van der Waals surface area (Å²) < 4.78 is 6.78. The normalized spacial score (nSPS) is 17.4. The number of nitrogens with one attached hydrogen (secondary N) is 1. The van der Waals surface area contributed by atoms with Crippen molar-refractivity contribution < 1.29 is 9.53 Å². The van der Waals surface area contributed by atoms with Crippen LogP contribution in [0.25, 0.3) is 5.69 Å². The highest BCUT2D eigenvalue weighted by Crippen LogP contribution is 2.20. The second-order valence-electron chi connectivity index (χ2n) is 5.02. The molecule has 110 valence electrons.